The van der Waals surface area contributed by atoms with Crippen molar-refractivity contribution in [2.24, 2.45) is 0 Å². The van der Waals surface area contributed by atoms with E-state index in [-0.39, 0.29) is 16.8 Å². The van der Waals surface area contributed by atoms with Crippen LogP contribution in [0, 0.1) is 0 Å². The third-order valence-electron chi connectivity index (χ3n) is 6.87. The number of carbonyl (C=O) groups excluding carboxylic acids is 1. The predicted molar refractivity (Wildman–Crippen MR) is 139 cm³/mol. The molecule has 8 heteroatoms. The maximum atomic E-state index is 13.0. The van der Waals surface area contributed by atoms with Crippen molar-refractivity contribution in [3.63, 3.8) is 0 Å². The third kappa shape index (κ3) is 5.28. The van der Waals surface area contributed by atoms with Gasteiger partial charge in [-0.25, -0.2) is 13.4 Å². The van der Waals surface area contributed by atoms with Crippen molar-refractivity contribution in [3.8, 4) is 0 Å². The SMILES string of the molecule is CCCn1c(CCC(=O)NC2CCCc3ccccc32)nc2cc(S(=O)(=O)N(CC)CC)ccc21. The number of sulfonamides is 1. The number of amides is 1. The molecule has 0 radical (unpaired) electrons. The minimum atomic E-state index is -3.56. The molecule has 4 rings (SSSR count). The molecule has 0 fully saturated rings. The van der Waals surface area contributed by atoms with Gasteiger partial charge in [0.05, 0.1) is 22.0 Å². The van der Waals surface area contributed by atoms with Crippen LogP contribution in [0.25, 0.3) is 11.0 Å². The summed E-state index contributed by atoms with van der Waals surface area (Å²) in [4.78, 5) is 17.9. The Balaban J connectivity index is 1.53. The Hall–Kier alpha value is -2.71. The molecule has 2 aromatic carbocycles. The maximum Gasteiger partial charge on any atom is 0.243 e. The molecule has 0 saturated carbocycles. The second-order valence-electron chi connectivity index (χ2n) is 9.13. The summed E-state index contributed by atoms with van der Waals surface area (Å²) in [5.41, 5.74) is 4.11. The summed E-state index contributed by atoms with van der Waals surface area (Å²) in [6, 6.07) is 13.6. The monoisotopic (exact) mass is 496 g/mol. The average Bonchev–Trinajstić information content (AvgIpc) is 3.20. The molecule has 7 nitrogen and oxygen atoms in total. The first kappa shape index (κ1) is 25.4. The van der Waals surface area contributed by atoms with Crippen LogP contribution in [0.15, 0.2) is 47.4 Å². The number of aromatic nitrogens is 2. The number of nitrogens with one attached hydrogen (secondary N) is 1. The molecule has 1 aliphatic carbocycles. The van der Waals surface area contributed by atoms with Gasteiger partial charge in [0.1, 0.15) is 5.82 Å². The first-order chi connectivity index (χ1) is 16.9. The van der Waals surface area contributed by atoms with Crippen molar-refractivity contribution in [1.29, 1.82) is 0 Å². The van der Waals surface area contributed by atoms with E-state index >= 15 is 0 Å². The molecule has 1 aromatic heterocycles. The predicted octanol–water partition coefficient (Wildman–Crippen LogP) is 4.60. The van der Waals surface area contributed by atoms with Crippen molar-refractivity contribution in [2.75, 3.05) is 13.1 Å². The van der Waals surface area contributed by atoms with Gasteiger partial charge in [0.15, 0.2) is 0 Å². The maximum absolute atomic E-state index is 13.0. The number of carbonyl (C=O) groups is 1. The van der Waals surface area contributed by atoms with Crippen molar-refractivity contribution < 1.29 is 13.2 Å². The highest BCUT2D eigenvalue weighted by atomic mass is 32.2. The number of rotatable bonds is 10. The molecule has 0 bridgehead atoms. The summed E-state index contributed by atoms with van der Waals surface area (Å²) >= 11 is 0. The summed E-state index contributed by atoms with van der Waals surface area (Å²) in [5, 5.41) is 3.22. The summed E-state index contributed by atoms with van der Waals surface area (Å²) in [6.45, 7) is 7.39. The van der Waals surface area contributed by atoms with Crippen LogP contribution in [0.3, 0.4) is 0 Å². The van der Waals surface area contributed by atoms with Crippen LogP contribution < -0.4 is 5.32 Å². The highest BCUT2D eigenvalue weighted by molar-refractivity contribution is 7.89. The quantitative estimate of drug-likeness (QED) is 0.444. The van der Waals surface area contributed by atoms with E-state index in [1.807, 2.05) is 26.0 Å². The highest BCUT2D eigenvalue weighted by Crippen LogP contribution is 2.29. The van der Waals surface area contributed by atoms with Crippen molar-refractivity contribution in [2.45, 2.75) is 76.8 Å². The Kier molecular flexibility index (Phi) is 7.91. The van der Waals surface area contributed by atoms with E-state index in [1.54, 1.807) is 12.1 Å². The van der Waals surface area contributed by atoms with Gasteiger partial charge in [-0.1, -0.05) is 45.0 Å². The fourth-order valence-corrected chi connectivity index (χ4v) is 6.57. The van der Waals surface area contributed by atoms with E-state index in [9.17, 15) is 13.2 Å². The molecule has 1 N–H and O–H groups in total. The van der Waals surface area contributed by atoms with Crippen LogP contribution in [-0.2, 0) is 34.2 Å². The molecule has 0 aliphatic heterocycles. The van der Waals surface area contributed by atoms with Gasteiger partial charge >= 0.3 is 0 Å². The summed E-state index contributed by atoms with van der Waals surface area (Å²) in [6.07, 6.45) is 4.87. The van der Waals surface area contributed by atoms with E-state index in [2.05, 4.69) is 35.0 Å². The van der Waals surface area contributed by atoms with Gasteiger partial charge in [-0.15, -0.1) is 0 Å². The smallest absolute Gasteiger partial charge is 0.243 e. The van der Waals surface area contributed by atoms with Crippen LogP contribution in [-0.4, -0.2) is 41.3 Å². The molecule has 1 heterocycles. The molecular weight excluding hydrogens is 460 g/mol. The lowest BCUT2D eigenvalue weighted by Gasteiger charge is -2.26. The van der Waals surface area contributed by atoms with Gasteiger partial charge in [-0.2, -0.15) is 4.31 Å². The number of benzene rings is 2. The zero-order valence-electron chi connectivity index (χ0n) is 21.0. The number of hydrogen-bond acceptors (Lipinski definition) is 4. The molecule has 0 spiro atoms. The topological polar surface area (TPSA) is 84.3 Å². The molecule has 1 atom stereocenters. The van der Waals surface area contributed by atoms with E-state index in [1.165, 1.54) is 15.4 Å². The van der Waals surface area contributed by atoms with Crippen LogP contribution in [0.1, 0.15) is 69.4 Å². The first-order valence-corrected chi connectivity index (χ1v) is 14.2. The second kappa shape index (κ2) is 10.9. The molecule has 1 amide bonds. The molecule has 0 saturated heterocycles. The van der Waals surface area contributed by atoms with Crippen LogP contribution in [0.5, 0.6) is 0 Å². The Labute approximate surface area is 208 Å². The largest absolute Gasteiger partial charge is 0.349 e. The van der Waals surface area contributed by atoms with Crippen molar-refractivity contribution in [3.05, 3.63) is 59.4 Å². The minimum Gasteiger partial charge on any atom is -0.349 e. The highest BCUT2D eigenvalue weighted by Gasteiger charge is 2.24. The Morgan fingerprint density at radius 3 is 2.66 bits per heavy atom. The molecule has 3 aromatic rings. The van der Waals surface area contributed by atoms with Crippen LogP contribution >= 0.6 is 0 Å². The number of hydrogen-bond donors (Lipinski definition) is 1. The number of aryl methyl sites for hydroxylation is 3. The molecule has 1 unspecified atom stereocenters. The molecule has 1 aliphatic rings. The van der Waals surface area contributed by atoms with E-state index in [0.717, 1.165) is 43.6 Å². The van der Waals surface area contributed by atoms with E-state index in [4.69, 9.17) is 4.98 Å². The van der Waals surface area contributed by atoms with E-state index < -0.39 is 10.0 Å². The Morgan fingerprint density at radius 1 is 1.14 bits per heavy atom. The first-order valence-electron chi connectivity index (χ1n) is 12.8. The van der Waals surface area contributed by atoms with Gasteiger partial charge in [0.2, 0.25) is 15.9 Å². The zero-order chi connectivity index (χ0) is 25.0. The number of nitrogens with zero attached hydrogens (tertiary/aromatic N) is 3. The van der Waals surface area contributed by atoms with Gasteiger partial charge in [-0.3, -0.25) is 4.79 Å². The number of fused-ring (bicyclic) bond motifs is 2. The van der Waals surface area contributed by atoms with Crippen molar-refractivity contribution >= 4 is 27.0 Å². The third-order valence-corrected chi connectivity index (χ3v) is 8.92. The Bertz CT molecular complexity index is 1290. The second-order valence-corrected chi connectivity index (χ2v) is 11.1. The van der Waals surface area contributed by atoms with Gasteiger partial charge in [0, 0.05) is 32.5 Å². The average molecular weight is 497 g/mol. The number of imidazole rings is 1. The normalized spacial score (nSPS) is 15.9. The van der Waals surface area contributed by atoms with Gasteiger partial charge in [-0.05, 0) is 55.0 Å². The fraction of sp³-hybridized carbons (Fsp3) is 0.481. The van der Waals surface area contributed by atoms with Gasteiger partial charge < -0.3 is 9.88 Å². The lowest BCUT2D eigenvalue weighted by Crippen LogP contribution is -2.31. The molecule has 35 heavy (non-hydrogen) atoms. The summed E-state index contributed by atoms with van der Waals surface area (Å²) in [5.74, 6) is 0.838. The van der Waals surface area contributed by atoms with Crippen LogP contribution in [0.2, 0.25) is 0 Å². The summed E-state index contributed by atoms with van der Waals surface area (Å²) < 4.78 is 29.5. The lowest BCUT2D eigenvalue weighted by molar-refractivity contribution is -0.121. The Morgan fingerprint density at radius 2 is 1.91 bits per heavy atom. The minimum absolute atomic E-state index is 0.0200. The fourth-order valence-electron chi connectivity index (χ4n) is 5.09. The van der Waals surface area contributed by atoms with Gasteiger partial charge in [0.25, 0.3) is 0 Å². The van der Waals surface area contributed by atoms with E-state index in [0.29, 0.717) is 31.4 Å². The molecular formula is C27H36N4O3S. The molecule has 188 valence electrons. The standard InChI is InChI=1S/C27H36N4O3S/c1-4-18-31-25-15-14-21(35(33,34)30(5-2)6-3)19-24(25)28-26(31)16-17-27(32)29-23-13-9-11-20-10-7-8-12-22(20)23/h7-8,10,12,14-15,19,23H,4-6,9,11,13,16-18H2,1-3H3,(H,29,32). The van der Waals surface area contributed by atoms with Crippen LogP contribution in [0.4, 0.5) is 0 Å². The lowest BCUT2D eigenvalue weighted by atomic mass is 9.87. The summed E-state index contributed by atoms with van der Waals surface area (Å²) in [7, 11) is -3.56. The van der Waals surface area contributed by atoms with Crippen molar-refractivity contribution in [1.82, 2.24) is 19.2 Å². The zero-order valence-corrected chi connectivity index (χ0v) is 21.8.